The zero-order valence-corrected chi connectivity index (χ0v) is 25.5. The molecule has 0 radical (unpaired) electrons. The van der Waals surface area contributed by atoms with Crippen molar-refractivity contribution in [3.63, 3.8) is 0 Å². The molecule has 0 aromatic heterocycles. The second kappa shape index (κ2) is 17.3. The number of carbonyl (C=O) groups is 3. The Morgan fingerprint density at radius 2 is 1.52 bits per heavy atom. The average Bonchev–Trinajstić information content (AvgIpc) is 3.03. The summed E-state index contributed by atoms with van der Waals surface area (Å²) in [5.74, 6) is -1.56. The van der Waals surface area contributed by atoms with Gasteiger partial charge in [0, 0.05) is 25.0 Å². The van der Waals surface area contributed by atoms with Gasteiger partial charge in [0.15, 0.2) is 6.79 Å². The van der Waals surface area contributed by atoms with E-state index in [0.717, 1.165) is 27.8 Å². The fourth-order valence-electron chi connectivity index (χ4n) is 4.58. The Morgan fingerprint density at radius 3 is 2.11 bits per heavy atom. The summed E-state index contributed by atoms with van der Waals surface area (Å²) in [6.07, 6.45) is 0.414. The Labute approximate surface area is 257 Å². The number of esters is 1. The van der Waals surface area contributed by atoms with Crippen LogP contribution in [0.4, 0.5) is 0 Å². The number of carbonyl (C=O) groups excluding carboxylic acids is 3. The molecule has 0 saturated carbocycles. The highest BCUT2D eigenvalue weighted by Crippen LogP contribution is 2.24. The zero-order valence-electron chi connectivity index (χ0n) is 25.5. The van der Waals surface area contributed by atoms with Crippen molar-refractivity contribution in [2.75, 3.05) is 20.4 Å². The first kappa shape index (κ1) is 33.6. The van der Waals surface area contributed by atoms with Crippen LogP contribution in [0.5, 0.6) is 5.75 Å². The number of hydrogen-bond acceptors (Lipinski definition) is 7. The fraction of sp³-hybridized carbons (Fsp3) is 0.364. The lowest BCUT2D eigenvalue weighted by Crippen LogP contribution is -2.48. The second-order valence-electron chi connectivity index (χ2n) is 10.5. The highest BCUT2D eigenvalue weighted by Gasteiger charge is 2.27. The van der Waals surface area contributed by atoms with Crippen molar-refractivity contribution in [1.82, 2.24) is 10.6 Å². The summed E-state index contributed by atoms with van der Waals surface area (Å²) in [6, 6.07) is 20.3. The molecule has 3 atom stereocenters. The molecule has 0 aliphatic carbocycles. The molecule has 11 nitrogen and oxygen atoms in total. The molecule has 232 valence electrons. The summed E-state index contributed by atoms with van der Waals surface area (Å²) in [7, 11) is 1.53. The number of ether oxygens (including phenoxy) is 3. The molecule has 3 rings (SSSR count). The summed E-state index contributed by atoms with van der Waals surface area (Å²) in [5, 5.41) is 9.23. The summed E-state index contributed by atoms with van der Waals surface area (Å²) >= 11 is 0. The molecular formula is C33H39N5O6. The highest BCUT2D eigenvalue weighted by molar-refractivity contribution is 5.87. The number of benzene rings is 3. The molecule has 0 saturated heterocycles. The van der Waals surface area contributed by atoms with Gasteiger partial charge in [-0.2, -0.15) is 0 Å². The number of nitrogens with one attached hydrogen (secondary N) is 2. The van der Waals surface area contributed by atoms with E-state index in [1.54, 1.807) is 6.92 Å². The van der Waals surface area contributed by atoms with Crippen LogP contribution >= 0.6 is 0 Å². The van der Waals surface area contributed by atoms with Gasteiger partial charge in [-0.25, -0.2) is 4.79 Å². The smallest absolute Gasteiger partial charge is 0.329 e. The monoisotopic (exact) mass is 601 g/mol. The number of nitrogens with zero attached hydrogens (tertiary/aromatic N) is 3. The van der Waals surface area contributed by atoms with Gasteiger partial charge in [-0.05, 0) is 65.7 Å². The largest absolute Gasteiger partial charge is 0.468 e. The zero-order chi connectivity index (χ0) is 31.9. The lowest BCUT2D eigenvalue weighted by molar-refractivity contribution is -0.149. The number of aryl methyl sites for hydroxylation is 2. The fourth-order valence-corrected chi connectivity index (χ4v) is 4.58. The van der Waals surface area contributed by atoms with E-state index in [4.69, 9.17) is 19.7 Å². The maximum absolute atomic E-state index is 13.1. The standard InChI is InChI=1S/C33H39N5O6/c1-22-15-27(44-21-42-4)16-23(2)28(22)18-29(37-38-34)32(40)35-19-24(3)31(39)36-30(17-25-11-7-5-8-12-25)33(41)43-20-26-13-9-6-10-14-26/h5-16,24,29-30H,17-21H2,1-4H3,(H,35,40)(H,36,39)/t24?,29?,30-/m0/s1. The Kier molecular flexibility index (Phi) is 13.2. The SMILES string of the molecule is COCOc1cc(C)c(CC(N=[N+]=[N-])C(=O)NCC(C)C(=O)N[C@@H](Cc2ccccc2)C(=O)OCc2ccccc2)c(C)c1. The second-order valence-corrected chi connectivity index (χ2v) is 10.5. The van der Waals surface area contributed by atoms with Crippen LogP contribution in [-0.4, -0.2) is 50.3 Å². The van der Waals surface area contributed by atoms with Gasteiger partial charge in [-0.3, -0.25) is 9.59 Å². The molecular weight excluding hydrogens is 562 g/mol. The van der Waals surface area contributed by atoms with E-state index >= 15 is 0 Å². The van der Waals surface area contributed by atoms with Crippen molar-refractivity contribution in [3.05, 3.63) is 111 Å². The first-order valence-electron chi connectivity index (χ1n) is 14.3. The number of amides is 2. The predicted octanol–water partition coefficient (Wildman–Crippen LogP) is 4.73. The number of azide groups is 1. The maximum Gasteiger partial charge on any atom is 0.329 e. The van der Waals surface area contributed by atoms with E-state index in [9.17, 15) is 14.4 Å². The normalized spacial score (nSPS) is 12.6. The van der Waals surface area contributed by atoms with E-state index in [2.05, 4.69) is 20.7 Å². The average molecular weight is 602 g/mol. The molecule has 0 aliphatic rings. The van der Waals surface area contributed by atoms with Crippen LogP contribution in [0.25, 0.3) is 10.4 Å². The molecule has 0 fully saturated rings. The van der Waals surface area contributed by atoms with Crippen molar-refractivity contribution in [3.8, 4) is 5.75 Å². The van der Waals surface area contributed by atoms with Crippen LogP contribution in [0.3, 0.4) is 0 Å². The minimum absolute atomic E-state index is 0.0268. The molecule has 3 aromatic rings. The molecule has 3 aromatic carbocycles. The van der Waals surface area contributed by atoms with Gasteiger partial charge in [0.25, 0.3) is 0 Å². The van der Waals surface area contributed by atoms with Crippen molar-refractivity contribution in [2.45, 2.75) is 52.3 Å². The predicted molar refractivity (Wildman–Crippen MR) is 166 cm³/mol. The summed E-state index contributed by atoms with van der Waals surface area (Å²) < 4.78 is 16.0. The molecule has 0 spiro atoms. The summed E-state index contributed by atoms with van der Waals surface area (Å²) in [5.41, 5.74) is 13.4. The van der Waals surface area contributed by atoms with E-state index in [1.807, 2.05) is 86.6 Å². The maximum atomic E-state index is 13.1. The van der Waals surface area contributed by atoms with Crippen LogP contribution in [0.2, 0.25) is 0 Å². The Balaban J connectivity index is 1.62. The quantitative estimate of drug-likeness (QED) is 0.0796. The van der Waals surface area contributed by atoms with Crippen molar-refractivity contribution < 1.29 is 28.6 Å². The topological polar surface area (TPSA) is 152 Å². The van der Waals surface area contributed by atoms with Crippen LogP contribution in [0, 0.1) is 19.8 Å². The first-order chi connectivity index (χ1) is 21.2. The molecule has 0 aliphatic heterocycles. The minimum Gasteiger partial charge on any atom is -0.468 e. The third-order valence-electron chi connectivity index (χ3n) is 7.04. The van der Waals surface area contributed by atoms with E-state index in [-0.39, 0.29) is 32.8 Å². The van der Waals surface area contributed by atoms with Crippen LogP contribution < -0.4 is 15.4 Å². The molecule has 0 bridgehead atoms. The molecule has 11 heteroatoms. The van der Waals surface area contributed by atoms with Gasteiger partial charge in [-0.1, -0.05) is 72.7 Å². The van der Waals surface area contributed by atoms with Gasteiger partial charge >= 0.3 is 5.97 Å². The number of rotatable bonds is 16. The molecule has 44 heavy (non-hydrogen) atoms. The van der Waals surface area contributed by atoms with E-state index < -0.39 is 35.8 Å². The lowest BCUT2D eigenvalue weighted by atomic mass is 9.95. The van der Waals surface area contributed by atoms with Crippen molar-refractivity contribution in [1.29, 1.82) is 0 Å². The third-order valence-corrected chi connectivity index (χ3v) is 7.04. The highest BCUT2D eigenvalue weighted by atomic mass is 16.7. The Morgan fingerprint density at radius 1 is 0.909 bits per heavy atom. The summed E-state index contributed by atoms with van der Waals surface area (Å²) in [6.45, 7) is 5.57. The first-order valence-corrected chi connectivity index (χ1v) is 14.3. The van der Waals surface area contributed by atoms with Gasteiger partial charge in [0.2, 0.25) is 11.8 Å². The molecule has 2 amide bonds. The van der Waals surface area contributed by atoms with Crippen molar-refractivity contribution in [2.24, 2.45) is 11.0 Å². The number of hydrogen-bond donors (Lipinski definition) is 2. The van der Waals surface area contributed by atoms with Crippen LogP contribution in [-0.2, 0) is 43.3 Å². The molecule has 2 unspecified atom stereocenters. The van der Waals surface area contributed by atoms with Gasteiger partial charge < -0.3 is 24.8 Å². The minimum atomic E-state index is -1.03. The van der Waals surface area contributed by atoms with Gasteiger partial charge in [0.1, 0.15) is 24.4 Å². The Bertz CT molecular complexity index is 1420. The van der Waals surface area contributed by atoms with Gasteiger partial charge in [-0.15, -0.1) is 0 Å². The molecule has 2 N–H and O–H groups in total. The van der Waals surface area contributed by atoms with E-state index in [0.29, 0.717) is 5.75 Å². The Hall–Kier alpha value is -4.86. The van der Waals surface area contributed by atoms with Gasteiger partial charge in [0.05, 0.1) is 5.92 Å². The summed E-state index contributed by atoms with van der Waals surface area (Å²) in [4.78, 5) is 42.1. The molecule has 0 heterocycles. The van der Waals surface area contributed by atoms with Crippen LogP contribution in [0.15, 0.2) is 77.9 Å². The van der Waals surface area contributed by atoms with Crippen molar-refractivity contribution >= 4 is 17.8 Å². The lowest BCUT2D eigenvalue weighted by Gasteiger charge is -2.21. The third kappa shape index (κ3) is 10.4. The van der Waals surface area contributed by atoms with Crippen LogP contribution in [0.1, 0.15) is 34.7 Å². The number of methoxy groups -OCH3 is 1. The van der Waals surface area contributed by atoms with E-state index in [1.165, 1.54) is 7.11 Å².